The Morgan fingerprint density at radius 2 is 2.00 bits per heavy atom. The Morgan fingerprint density at radius 3 is 2.70 bits per heavy atom. The molecule has 0 unspecified atom stereocenters. The normalized spacial score (nSPS) is 29.1. The summed E-state index contributed by atoms with van der Waals surface area (Å²) in [6.07, 6.45) is 11.3. The Bertz CT molecular complexity index is 400. The molecule has 1 atom stereocenters. The number of nitriles is 1. The highest BCUT2D eigenvalue weighted by Crippen LogP contribution is 2.51. The Labute approximate surface area is 121 Å². The first-order chi connectivity index (χ1) is 9.72. The van der Waals surface area contributed by atoms with Gasteiger partial charge < -0.3 is 10.2 Å². The van der Waals surface area contributed by atoms with Gasteiger partial charge in [0, 0.05) is 12.6 Å². The number of nitrogens with one attached hydrogen (secondary N) is 1. The third kappa shape index (κ3) is 2.69. The first-order valence-corrected chi connectivity index (χ1v) is 8.15. The molecular formula is C16H25N3O. The van der Waals surface area contributed by atoms with Crippen LogP contribution in [-0.4, -0.2) is 36.0 Å². The van der Waals surface area contributed by atoms with Crippen molar-refractivity contribution < 1.29 is 4.79 Å². The zero-order valence-corrected chi connectivity index (χ0v) is 12.2. The van der Waals surface area contributed by atoms with Crippen LogP contribution in [0.25, 0.3) is 0 Å². The summed E-state index contributed by atoms with van der Waals surface area (Å²) in [5, 5.41) is 12.4. The lowest BCUT2D eigenvalue weighted by atomic mass is 9.58. The first-order valence-electron chi connectivity index (χ1n) is 8.15. The molecule has 1 saturated heterocycles. The van der Waals surface area contributed by atoms with Gasteiger partial charge in [0.05, 0.1) is 12.6 Å². The maximum absolute atomic E-state index is 12.1. The van der Waals surface area contributed by atoms with Gasteiger partial charge in [-0.15, -0.1) is 0 Å². The second kappa shape index (κ2) is 5.73. The SMILES string of the molecule is N#C[C@@H]1CCCN1C(=O)CNC1CC2(CCCCC2)C1. The fourth-order valence-electron chi connectivity index (χ4n) is 4.37. The molecule has 1 aliphatic heterocycles. The highest BCUT2D eigenvalue weighted by atomic mass is 16.2. The number of carbonyl (C=O) groups is 1. The average molecular weight is 275 g/mol. The quantitative estimate of drug-likeness (QED) is 0.859. The average Bonchev–Trinajstić information content (AvgIpc) is 2.92. The molecule has 1 N–H and O–H groups in total. The molecule has 4 nitrogen and oxygen atoms in total. The Kier molecular flexibility index (Phi) is 3.98. The number of hydrogen-bond donors (Lipinski definition) is 1. The molecule has 0 aromatic carbocycles. The maximum atomic E-state index is 12.1. The van der Waals surface area contributed by atoms with Crippen molar-refractivity contribution in [3.63, 3.8) is 0 Å². The summed E-state index contributed by atoms with van der Waals surface area (Å²) < 4.78 is 0. The number of likely N-dealkylation sites (tertiary alicyclic amines) is 1. The standard InChI is InChI=1S/C16H25N3O/c17-11-14-5-4-8-19(14)15(20)12-18-13-9-16(10-13)6-2-1-3-7-16/h13-14,18H,1-10,12H2/t14-/m0/s1. The first kappa shape index (κ1) is 13.9. The van der Waals surface area contributed by atoms with Crippen molar-refractivity contribution in [2.45, 2.75) is 69.9 Å². The number of nitrogens with zero attached hydrogens (tertiary/aromatic N) is 2. The lowest BCUT2D eigenvalue weighted by molar-refractivity contribution is -0.130. The van der Waals surface area contributed by atoms with E-state index in [9.17, 15) is 4.79 Å². The highest BCUT2D eigenvalue weighted by molar-refractivity contribution is 5.79. The van der Waals surface area contributed by atoms with E-state index in [0.717, 1.165) is 19.4 Å². The fourth-order valence-corrected chi connectivity index (χ4v) is 4.37. The maximum Gasteiger partial charge on any atom is 0.237 e. The van der Waals surface area contributed by atoms with Crippen molar-refractivity contribution in [3.8, 4) is 6.07 Å². The van der Waals surface area contributed by atoms with E-state index in [-0.39, 0.29) is 11.9 Å². The molecule has 2 saturated carbocycles. The largest absolute Gasteiger partial charge is 0.326 e. The van der Waals surface area contributed by atoms with Gasteiger partial charge in [0.15, 0.2) is 0 Å². The molecule has 1 amide bonds. The summed E-state index contributed by atoms with van der Waals surface area (Å²) in [6, 6.07) is 2.58. The van der Waals surface area contributed by atoms with Gasteiger partial charge in [-0.3, -0.25) is 4.79 Å². The molecule has 0 bridgehead atoms. The van der Waals surface area contributed by atoms with Gasteiger partial charge in [-0.1, -0.05) is 19.3 Å². The lowest BCUT2D eigenvalue weighted by Crippen LogP contribution is -2.52. The zero-order chi connectivity index (χ0) is 14.0. The molecule has 4 heteroatoms. The molecule has 3 rings (SSSR count). The monoisotopic (exact) mass is 275 g/mol. The third-order valence-corrected chi connectivity index (χ3v) is 5.54. The van der Waals surface area contributed by atoms with Gasteiger partial charge in [-0.05, 0) is 43.9 Å². The second-order valence-corrected chi connectivity index (χ2v) is 6.92. The van der Waals surface area contributed by atoms with Crippen LogP contribution in [-0.2, 0) is 4.79 Å². The molecular weight excluding hydrogens is 250 g/mol. The van der Waals surface area contributed by atoms with Gasteiger partial charge in [0.2, 0.25) is 5.91 Å². The summed E-state index contributed by atoms with van der Waals surface area (Å²) in [6.45, 7) is 1.17. The van der Waals surface area contributed by atoms with E-state index < -0.39 is 0 Å². The van der Waals surface area contributed by atoms with E-state index in [4.69, 9.17) is 5.26 Å². The Hall–Kier alpha value is -1.08. The second-order valence-electron chi connectivity index (χ2n) is 6.92. The number of hydrogen-bond acceptors (Lipinski definition) is 3. The van der Waals surface area contributed by atoms with Crippen molar-refractivity contribution in [2.75, 3.05) is 13.1 Å². The molecule has 2 aliphatic carbocycles. The van der Waals surface area contributed by atoms with Crippen LogP contribution < -0.4 is 5.32 Å². The van der Waals surface area contributed by atoms with Crippen LogP contribution in [0.15, 0.2) is 0 Å². The van der Waals surface area contributed by atoms with Crippen LogP contribution >= 0.6 is 0 Å². The predicted molar refractivity (Wildman–Crippen MR) is 76.9 cm³/mol. The minimum absolute atomic E-state index is 0.110. The Morgan fingerprint density at radius 1 is 1.25 bits per heavy atom. The van der Waals surface area contributed by atoms with E-state index in [1.54, 1.807) is 4.90 Å². The number of rotatable bonds is 3. The summed E-state index contributed by atoms with van der Waals surface area (Å²) in [5.41, 5.74) is 0.613. The van der Waals surface area contributed by atoms with Crippen molar-refractivity contribution >= 4 is 5.91 Å². The molecule has 1 heterocycles. The minimum atomic E-state index is -0.185. The minimum Gasteiger partial charge on any atom is -0.326 e. The van der Waals surface area contributed by atoms with Crippen LogP contribution in [0, 0.1) is 16.7 Å². The summed E-state index contributed by atoms with van der Waals surface area (Å²) in [7, 11) is 0. The topological polar surface area (TPSA) is 56.1 Å². The van der Waals surface area contributed by atoms with Crippen LogP contribution in [0.2, 0.25) is 0 Å². The fraction of sp³-hybridized carbons (Fsp3) is 0.875. The van der Waals surface area contributed by atoms with Gasteiger partial charge in [-0.2, -0.15) is 5.26 Å². The van der Waals surface area contributed by atoms with Crippen LogP contribution in [0.1, 0.15) is 57.8 Å². The van der Waals surface area contributed by atoms with E-state index in [2.05, 4.69) is 11.4 Å². The Balaban J connectivity index is 1.40. The van der Waals surface area contributed by atoms with Gasteiger partial charge in [0.1, 0.15) is 6.04 Å². The van der Waals surface area contributed by atoms with Gasteiger partial charge >= 0.3 is 0 Å². The van der Waals surface area contributed by atoms with E-state index >= 15 is 0 Å². The summed E-state index contributed by atoms with van der Waals surface area (Å²) in [4.78, 5) is 13.9. The molecule has 20 heavy (non-hydrogen) atoms. The van der Waals surface area contributed by atoms with E-state index in [0.29, 0.717) is 18.0 Å². The molecule has 110 valence electrons. The zero-order valence-electron chi connectivity index (χ0n) is 12.2. The molecule has 3 aliphatic rings. The van der Waals surface area contributed by atoms with Crippen LogP contribution in [0.4, 0.5) is 0 Å². The van der Waals surface area contributed by atoms with Crippen molar-refractivity contribution in [1.29, 1.82) is 5.26 Å². The molecule has 0 aromatic rings. The summed E-state index contributed by atoms with van der Waals surface area (Å²) >= 11 is 0. The van der Waals surface area contributed by atoms with Crippen molar-refractivity contribution in [3.05, 3.63) is 0 Å². The van der Waals surface area contributed by atoms with E-state index in [1.165, 1.54) is 44.9 Å². The molecule has 1 spiro atoms. The number of carbonyl (C=O) groups excluding carboxylic acids is 1. The van der Waals surface area contributed by atoms with E-state index in [1.807, 2.05) is 0 Å². The van der Waals surface area contributed by atoms with Crippen LogP contribution in [0.3, 0.4) is 0 Å². The molecule has 3 fully saturated rings. The predicted octanol–water partition coefficient (Wildman–Crippen LogP) is 2.20. The van der Waals surface area contributed by atoms with Crippen molar-refractivity contribution in [1.82, 2.24) is 10.2 Å². The number of amides is 1. The third-order valence-electron chi connectivity index (χ3n) is 5.54. The molecule has 0 radical (unpaired) electrons. The highest BCUT2D eigenvalue weighted by Gasteiger charge is 2.44. The smallest absolute Gasteiger partial charge is 0.237 e. The van der Waals surface area contributed by atoms with Crippen LogP contribution in [0.5, 0.6) is 0 Å². The summed E-state index contributed by atoms with van der Waals surface area (Å²) in [5.74, 6) is 0.110. The van der Waals surface area contributed by atoms with Gasteiger partial charge in [-0.25, -0.2) is 0 Å². The lowest BCUT2D eigenvalue weighted by Gasteiger charge is -2.50. The molecule has 0 aromatic heterocycles. The van der Waals surface area contributed by atoms with Crippen molar-refractivity contribution in [2.24, 2.45) is 5.41 Å². The van der Waals surface area contributed by atoms with Gasteiger partial charge in [0.25, 0.3) is 0 Å².